The van der Waals surface area contributed by atoms with E-state index < -0.39 is 5.60 Å². The number of ether oxygens (including phenoxy) is 3. The van der Waals surface area contributed by atoms with E-state index in [1.54, 1.807) is 7.11 Å². The van der Waals surface area contributed by atoms with Gasteiger partial charge in [0.25, 0.3) is 0 Å². The quantitative estimate of drug-likeness (QED) is 0.391. The average Bonchev–Trinajstić information content (AvgIpc) is 3.42. The molecule has 1 aliphatic rings. The van der Waals surface area contributed by atoms with E-state index in [4.69, 9.17) is 14.2 Å². The summed E-state index contributed by atoms with van der Waals surface area (Å²) in [7, 11) is 1.63. The van der Waals surface area contributed by atoms with Crippen LogP contribution in [0.1, 0.15) is 49.0 Å². The maximum Gasteiger partial charge on any atom is 0.346 e. The third-order valence-corrected chi connectivity index (χ3v) is 4.80. The summed E-state index contributed by atoms with van der Waals surface area (Å²) in [4.78, 5) is 12.9. The van der Waals surface area contributed by atoms with E-state index in [1.165, 1.54) is 0 Å². The molecule has 1 saturated heterocycles. The molecule has 2 unspecified atom stereocenters. The summed E-state index contributed by atoms with van der Waals surface area (Å²) in [6, 6.07) is 15.5. The van der Waals surface area contributed by atoms with Crippen molar-refractivity contribution in [2.75, 3.05) is 13.7 Å². The van der Waals surface area contributed by atoms with E-state index in [2.05, 4.69) is 6.92 Å². The van der Waals surface area contributed by atoms with E-state index >= 15 is 0 Å². The van der Waals surface area contributed by atoms with Crippen LogP contribution in [0.5, 0.6) is 5.75 Å². The first-order valence-corrected chi connectivity index (χ1v) is 9.18. The van der Waals surface area contributed by atoms with Gasteiger partial charge in [-0.25, -0.2) is 4.79 Å². The molecule has 2 aromatic carbocycles. The molecule has 2 aromatic rings. The molecule has 138 valence electrons. The highest BCUT2D eigenvalue weighted by Gasteiger charge is 2.65. The number of hydrogen-bond acceptors (Lipinski definition) is 4. The van der Waals surface area contributed by atoms with Gasteiger partial charge in [0.15, 0.2) is 0 Å². The molecule has 0 bridgehead atoms. The molecule has 0 aliphatic carbocycles. The van der Waals surface area contributed by atoms with Crippen molar-refractivity contribution in [3.05, 3.63) is 65.2 Å². The number of esters is 1. The van der Waals surface area contributed by atoms with Gasteiger partial charge in [-0.15, -0.1) is 0 Å². The van der Waals surface area contributed by atoms with Crippen LogP contribution in [0, 0.1) is 6.92 Å². The van der Waals surface area contributed by atoms with Gasteiger partial charge in [0.1, 0.15) is 11.9 Å². The molecule has 1 aliphatic heterocycles. The van der Waals surface area contributed by atoms with Crippen LogP contribution in [-0.4, -0.2) is 19.7 Å². The minimum atomic E-state index is -1.05. The van der Waals surface area contributed by atoms with Gasteiger partial charge in [-0.05, 0) is 36.6 Å². The van der Waals surface area contributed by atoms with Crippen molar-refractivity contribution in [3.63, 3.8) is 0 Å². The molecule has 0 amide bonds. The average molecular weight is 354 g/mol. The second-order valence-electron chi connectivity index (χ2n) is 6.72. The summed E-state index contributed by atoms with van der Waals surface area (Å²) < 4.78 is 16.8. The first kappa shape index (κ1) is 18.5. The molecular formula is C22H26O4. The molecule has 1 heterocycles. The van der Waals surface area contributed by atoms with Crippen molar-refractivity contribution in [3.8, 4) is 5.75 Å². The Hall–Kier alpha value is -2.33. The lowest BCUT2D eigenvalue weighted by Crippen LogP contribution is -2.26. The van der Waals surface area contributed by atoms with Crippen LogP contribution in [0.4, 0.5) is 0 Å². The Morgan fingerprint density at radius 3 is 2.38 bits per heavy atom. The first-order chi connectivity index (χ1) is 12.6. The van der Waals surface area contributed by atoms with Crippen molar-refractivity contribution in [1.29, 1.82) is 0 Å². The predicted octanol–water partition coefficient (Wildman–Crippen LogP) is 4.70. The van der Waals surface area contributed by atoms with Gasteiger partial charge in [0.05, 0.1) is 13.7 Å². The second kappa shape index (κ2) is 7.92. The predicted molar refractivity (Wildman–Crippen MR) is 100 cm³/mol. The number of hydrogen-bond donors (Lipinski definition) is 0. The Morgan fingerprint density at radius 2 is 1.77 bits per heavy atom. The number of aryl methyl sites for hydroxylation is 1. The molecule has 0 spiro atoms. The lowest BCUT2D eigenvalue weighted by atomic mass is 9.91. The maximum atomic E-state index is 12.9. The first-order valence-electron chi connectivity index (χ1n) is 9.18. The van der Waals surface area contributed by atoms with Crippen molar-refractivity contribution in [2.45, 2.75) is 44.8 Å². The van der Waals surface area contributed by atoms with Crippen molar-refractivity contribution in [2.24, 2.45) is 0 Å². The molecule has 26 heavy (non-hydrogen) atoms. The van der Waals surface area contributed by atoms with E-state index in [-0.39, 0.29) is 12.1 Å². The molecule has 3 rings (SSSR count). The summed E-state index contributed by atoms with van der Waals surface area (Å²) in [5.74, 6) is 0.468. The molecule has 0 saturated carbocycles. The Morgan fingerprint density at radius 1 is 1.08 bits per heavy atom. The van der Waals surface area contributed by atoms with Crippen LogP contribution in [0.15, 0.2) is 48.5 Å². The fourth-order valence-electron chi connectivity index (χ4n) is 3.15. The van der Waals surface area contributed by atoms with Crippen LogP contribution < -0.4 is 4.74 Å². The normalized spacial score (nSPS) is 21.3. The monoisotopic (exact) mass is 354 g/mol. The Labute approximate surface area is 155 Å². The van der Waals surface area contributed by atoms with Gasteiger partial charge in [0.2, 0.25) is 5.60 Å². The van der Waals surface area contributed by atoms with Gasteiger partial charge in [-0.2, -0.15) is 0 Å². The smallest absolute Gasteiger partial charge is 0.346 e. The summed E-state index contributed by atoms with van der Waals surface area (Å²) in [6.07, 6.45) is 2.67. The van der Waals surface area contributed by atoms with Crippen LogP contribution in [0.2, 0.25) is 0 Å². The Bertz CT molecular complexity index is 736. The van der Waals surface area contributed by atoms with E-state index in [0.717, 1.165) is 41.7 Å². The third-order valence-electron chi connectivity index (χ3n) is 4.80. The molecule has 4 nitrogen and oxygen atoms in total. The number of benzene rings is 2. The highest BCUT2D eigenvalue weighted by atomic mass is 16.7. The minimum Gasteiger partial charge on any atom is -0.497 e. The van der Waals surface area contributed by atoms with Gasteiger partial charge < -0.3 is 14.2 Å². The summed E-state index contributed by atoms with van der Waals surface area (Å²) in [6.45, 7) is 4.58. The minimum absolute atomic E-state index is 0.307. The zero-order valence-electron chi connectivity index (χ0n) is 15.7. The van der Waals surface area contributed by atoms with E-state index in [0.29, 0.717) is 6.61 Å². The highest BCUT2D eigenvalue weighted by molar-refractivity contribution is 5.85. The van der Waals surface area contributed by atoms with Gasteiger partial charge >= 0.3 is 5.97 Å². The number of rotatable bonds is 8. The summed E-state index contributed by atoms with van der Waals surface area (Å²) in [5.41, 5.74) is 1.87. The Balaban J connectivity index is 1.83. The largest absolute Gasteiger partial charge is 0.497 e. The lowest BCUT2D eigenvalue weighted by molar-refractivity contribution is -0.150. The number of methoxy groups -OCH3 is 1. The number of carbonyl (C=O) groups excluding carboxylic acids is 1. The topological polar surface area (TPSA) is 48.1 Å². The van der Waals surface area contributed by atoms with Crippen LogP contribution in [0.3, 0.4) is 0 Å². The standard InChI is InChI=1S/C22H26O4/c1-4-5-6-15-25-21(23)22(18-11-7-16(2)8-12-18)20(26-22)17-9-13-19(24-3)14-10-17/h7-14,20H,4-6,15H2,1-3H3. The van der Waals surface area contributed by atoms with Gasteiger partial charge in [-0.3, -0.25) is 0 Å². The zero-order chi connectivity index (χ0) is 18.6. The summed E-state index contributed by atoms with van der Waals surface area (Å²) in [5, 5.41) is 0. The summed E-state index contributed by atoms with van der Waals surface area (Å²) >= 11 is 0. The van der Waals surface area contributed by atoms with Gasteiger partial charge in [0, 0.05) is 0 Å². The van der Waals surface area contributed by atoms with E-state index in [9.17, 15) is 4.79 Å². The molecule has 2 atom stereocenters. The molecule has 1 fully saturated rings. The second-order valence-corrected chi connectivity index (χ2v) is 6.72. The molecule has 4 heteroatoms. The molecule has 0 N–H and O–H groups in total. The van der Waals surface area contributed by atoms with E-state index in [1.807, 2.05) is 55.5 Å². The van der Waals surface area contributed by atoms with Crippen LogP contribution >= 0.6 is 0 Å². The highest BCUT2D eigenvalue weighted by Crippen LogP contribution is 2.58. The lowest BCUT2D eigenvalue weighted by Gasteiger charge is -2.14. The third kappa shape index (κ3) is 3.61. The Kier molecular flexibility index (Phi) is 5.62. The van der Waals surface area contributed by atoms with Crippen molar-refractivity contribution < 1.29 is 19.0 Å². The molecule has 0 aromatic heterocycles. The van der Waals surface area contributed by atoms with Crippen molar-refractivity contribution in [1.82, 2.24) is 0 Å². The fraction of sp³-hybridized carbons (Fsp3) is 0.409. The zero-order valence-corrected chi connectivity index (χ0v) is 15.7. The van der Waals surface area contributed by atoms with Gasteiger partial charge in [-0.1, -0.05) is 61.7 Å². The SMILES string of the molecule is CCCCCOC(=O)C1(c2ccc(C)cc2)OC1c1ccc(OC)cc1. The number of carbonyl (C=O) groups is 1. The number of epoxide rings is 1. The number of unbranched alkanes of at least 4 members (excludes halogenated alkanes) is 2. The fourth-order valence-corrected chi connectivity index (χ4v) is 3.15. The maximum absolute atomic E-state index is 12.9. The molecule has 0 radical (unpaired) electrons. The molecular weight excluding hydrogens is 328 g/mol. The van der Waals surface area contributed by atoms with Crippen molar-refractivity contribution >= 4 is 5.97 Å². The van der Waals surface area contributed by atoms with Crippen LogP contribution in [0.25, 0.3) is 0 Å². The van der Waals surface area contributed by atoms with Crippen LogP contribution in [-0.2, 0) is 19.9 Å².